The Hall–Kier alpha value is 6.89. The van der Waals surface area contributed by atoms with E-state index in [4.69, 9.17) is 0 Å². The van der Waals surface area contributed by atoms with Crippen molar-refractivity contribution in [3.63, 3.8) is 0 Å². The van der Waals surface area contributed by atoms with Gasteiger partial charge in [0.15, 0.2) is 0 Å². The van der Waals surface area contributed by atoms with Crippen molar-refractivity contribution in [1.29, 1.82) is 0 Å². The van der Waals surface area contributed by atoms with Crippen molar-refractivity contribution >= 4 is 50.5 Å². The summed E-state index contributed by atoms with van der Waals surface area (Å²) in [5, 5.41) is 0. The number of hydrogen-bond donors (Lipinski definition) is 0. The summed E-state index contributed by atoms with van der Waals surface area (Å²) in [7, 11) is 0. The molecule has 3 nitrogen and oxygen atoms in total. The molecule has 0 rings (SSSR count). The van der Waals surface area contributed by atoms with Gasteiger partial charge in [0.25, 0.3) is 0 Å². The van der Waals surface area contributed by atoms with Crippen LogP contribution in [-0.2, 0) is 196 Å². The fraction of sp³-hybridized carbons (Fsp3) is 0. The van der Waals surface area contributed by atoms with Gasteiger partial charge in [-0.1, -0.05) is 0 Å². The average molecular weight is 646 g/mol. The fourth-order valence-corrected chi connectivity index (χ4v) is 0. The molecule has 0 atom stereocenters. The average Bonchev–Trinajstić information content (AvgIpc) is 0. The van der Waals surface area contributed by atoms with Crippen LogP contribution in [0.2, 0.25) is 0 Å². The first-order valence-electron chi connectivity index (χ1n) is 0. The number of hydrogen-bond acceptors (Lipinski definition) is 0. The zero-order valence-corrected chi connectivity index (χ0v) is 25.7. The van der Waals surface area contributed by atoms with Gasteiger partial charge in [0, 0.05) is 247 Å². The van der Waals surface area contributed by atoms with E-state index in [1.807, 2.05) is 0 Å². The van der Waals surface area contributed by atoms with Gasteiger partial charge < -0.3 is 18.5 Å². The minimum Gasteiger partial charge on any atom is -0.693 e. The van der Waals surface area contributed by atoms with E-state index in [9.17, 15) is 0 Å². The molecule has 0 aliphatic heterocycles. The second kappa shape index (κ2) is 174. The summed E-state index contributed by atoms with van der Waals surface area (Å²) < 4.78 is 0. The van der Waals surface area contributed by atoms with Crippen molar-refractivity contribution in [3.8, 4) is 0 Å². The summed E-state index contributed by atoms with van der Waals surface area (Å²) >= 11 is 0. The third kappa shape index (κ3) is 157. The normalized spacial score (nSPS) is 0. The van der Waals surface area contributed by atoms with Crippen molar-refractivity contribution < 1.29 is 196 Å². The number of nitrogens with two attached hydrogens (primary N) is 3. The molecule has 0 saturated heterocycles. The van der Waals surface area contributed by atoms with Crippen LogP contribution < -0.4 is 0 Å². The van der Waals surface area contributed by atoms with E-state index >= 15 is 0 Å². The second-order valence-electron chi connectivity index (χ2n) is 0. The molecule has 0 fully saturated rings. The van der Waals surface area contributed by atoms with Crippen molar-refractivity contribution in [2.75, 3.05) is 0 Å². The molecule has 0 amide bonds. The molecule has 0 aliphatic rings. The van der Waals surface area contributed by atoms with Crippen LogP contribution in [0.4, 0.5) is 0 Å². The molecule has 6 N–H and O–H groups in total. The third-order valence-corrected chi connectivity index (χ3v) is 0. The molecular formula is H6B6N3Y6-3. The van der Waals surface area contributed by atoms with Crippen molar-refractivity contribution in [2.45, 2.75) is 0 Å². The quantitative estimate of drug-likeness (QED) is 0.328. The minimum absolute atomic E-state index is 0. The molecule has 0 bridgehead atoms. The maximum Gasteiger partial charge on any atom is 0 e. The summed E-state index contributed by atoms with van der Waals surface area (Å²) in [4.78, 5) is 0. The Bertz CT molecular complexity index is 22.8. The van der Waals surface area contributed by atoms with E-state index in [0.29, 0.717) is 0 Å². The van der Waals surface area contributed by atoms with Gasteiger partial charge in [-0.25, -0.2) is 0 Å². The van der Waals surface area contributed by atoms with Gasteiger partial charge in [-0.2, -0.15) is 0 Å². The van der Waals surface area contributed by atoms with Crippen LogP contribution >= 0.6 is 0 Å². The first-order chi connectivity index (χ1) is 0. The predicted octanol–water partition coefficient (Wildman–Crippen LogP) is -0.149. The molecule has 0 aliphatic carbocycles. The van der Waals surface area contributed by atoms with Gasteiger partial charge in [0.05, 0.1) is 0 Å². The van der Waals surface area contributed by atoms with Crippen LogP contribution in [0.5, 0.6) is 0 Å². The number of rotatable bonds is 0. The van der Waals surface area contributed by atoms with Gasteiger partial charge in [0.2, 0.25) is 0 Å². The molecule has 15 heteroatoms. The molecule has 0 spiro atoms. The molecular weight excluding hydrogens is 640 g/mol. The fourth-order valence-electron chi connectivity index (χ4n) is 0. The zero-order chi connectivity index (χ0) is 0. The first kappa shape index (κ1) is 201. The van der Waals surface area contributed by atoms with Gasteiger partial charge >= 0.3 is 0 Å². The van der Waals surface area contributed by atoms with E-state index in [-0.39, 0.29) is 265 Å². The van der Waals surface area contributed by atoms with Crippen LogP contribution in [0.1, 0.15) is 0 Å². The van der Waals surface area contributed by atoms with E-state index < -0.39 is 0 Å². The largest absolute Gasteiger partial charge is 0.693 e. The van der Waals surface area contributed by atoms with Gasteiger partial charge in [-0.05, 0) is 0 Å². The SMILES string of the molecule is [B].[B].[B].[B].[B].[B].[NH2-].[NH2-].[NH2-].[Y].[Y].[Y].[Y].[Y].[Y]. The Balaban J connectivity index is 0. The molecule has 60 valence electrons. The second-order valence-corrected chi connectivity index (χ2v) is 0. The summed E-state index contributed by atoms with van der Waals surface area (Å²) in [6, 6.07) is 0. The Labute approximate surface area is 258 Å². The third-order valence-electron chi connectivity index (χ3n) is 0. The van der Waals surface area contributed by atoms with Crippen molar-refractivity contribution in [3.05, 3.63) is 18.5 Å². The van der Waals surface area contributed by atoms with E-state index in [0.717, 1.165) is 0 Å². The van der Waals surface area contributed by atoms with Crippen molar-refractivity contribution in [2.24, 2.45) is 0 Å². The summed E-state index contributed by atoms with van der Waals surface area (Å²) in [5.74, 6) is 0. The Morgan fingerprint density at radius 2 is 0.200 bits per heavy atom. The molecule has 0 saturated carbocycles. The van der Waals surface area contributed by atoms with E-state index in [1.165, 1.54) is 0 Å². The molecule has 0 aromatic carbocycles. The van der Waals surface area contributed by atoms with Gasteiger partial charge in [-0.15, -0.1) is 0 Å². The predicted molar refractivity (Wildman–Crippen MR) is 50.4 cm³/mol. The molecule has 15 heavy (non-hydrogen) atoms. The standard InChI is InChI=1S/6B.3H2N.6Y/h;;;;;;3*1H2;;;;;;/q;;;;;;3*-1;;;;;;. The Morgan fingerprint density at radius 3 is 0.200 bits per heavy atom. The smallest absolute Gasteiger partial charge is 0 e. The van der Waals surface area contributed by atoms with Crippen molar-refractivity contribution in [1.82, 2.24) is 0 Å². The Kier molecular flexibility index (Phi) is 2330. The zero-order valence-electron chi connectivity index (χ0n) is 8.66. The van der Waals surface area contributed by atoms with E-state index in [1.54, 1.807) is 0 Å². The molecule has 0 heterocycles. The topological polar surface area (TPSA) is 100 Å². The van der Waals surface area contributed by atoms with Crippen LogP contribution in [0.25, 0.3) is 18.5 Å². The maximum absolute atomic E-state index is 0. The summed E-state index contributed by atoms with van der Waals surface area (Å²) in [6.45, 7) is 0. The van der Waals surface area contributed by atoms with Crippen LogP contribution in [-0.4, -0.2) is 50.5 Å². The van der Waals surface area contributed by atoms with Gasteiger partial charge in [-0.3, -0.25) is 0 Å². The molecule has 0 aromatic rings. The summed E-state index contributed by atoms with van der Waals surface area (Å²) in [6.07, 6.45) is 0. The molecule has 24 radical (unpaired) electrons. The van der Waals surface area contributed by atoms with Crippen LogP contribution in [0.15, 0.2) is 0 Å². The van der Waals surface area contributed by atoms with E-state index in [2.05, 4.69) is 0 Å². The maximum atomic E-state index is 0. The van der Waals surface area contributed by atoms with Crippen LogP contribution in [0, 0.1) is 0 Å². The first-order valence-corrected chi connectivity index (χ1v) is 0. The van der Waals surface area contributed by atoms with Gasteiger partial charge in [0.1, 0.15) is 0 Å². The molecule has 0 unspecified atom stereocenters. The molecule has 0 aromatic heterocycles. The Morgan fingerprint density at radius 1 is 0.200 bits per heavy atom. The summed E-state index contributed by atoms with van der Waals surface area (Å²) in [5.41, 5.74) is 0. The van der Waals surface area contributed by atoms with Crippen LogP contribution in [0.3, 0.4) is 0 Å². The minimum atomic E-state index is 0. The monoisotopic (exact) mass is 648 g/mol.